The molecule has 1 aliphatic rings. The third-order valence-corrected chi connectivity index (χ3v) is 4.61. The lowest BCUT2D eigenvalue weighted by molar-refractivity contribution is -0.137. The van der Waals surface area contributed by atoms with Gasteiger partial charge in [-0.15, -0.1) is 0 Å². The van der Waals surface area contributed by atoms with Crippen LogP contribution in [-0.2, 0) is 11.2 Å². The van der Waals surface area contributed by atoms with Crippen LogP contribution in [0.25, 0.3) is 0 Å². The van der Waals surface area contributed by atoms with Gasteiger partial charge in [0.2, 0.25) is 0 Å². The summed E-state index contributed by atoms with van der Waals surface area (Å²) in [7, 11) is 1.64. The number of aryl methyl sites for hydroxylation is 1. The van der Waals surface area contributed by atoms with E-state index in [4.69, 9.17) is 14.6 Å². The number of carboxylic acids is 1. The lowest BCUT2D eigenvalue weighted by atomic mass is 10.1. The van der Waals surface area contributed by atoms with Crippen molar-refractivity contribution in [2.45, 2.75) is 38.2 Å². The number of ether oxygens (including phenoxy) is 2. The van der Waals surface area contributed by atoms with Gasteiger partial charge in [0.05, 0.1) is 7.11 Å². The second kappa shape index (κ2) is 8.17. The van der Waals surface area contributed by atoms with Gasteiger partial charge in [-0.05, 0) is 48.8 Å². The highest BCUT2D eigenvalue weighted by atomic mass is 32.2. The van der Waals surface area contributed by atoms with Crippen molar-refractivity contribution in [3.8, 4) is 11.5 Å². The van der Waals surface area contributed by atoms with Gasteiger partial charge in [0.1, 0.15) is 6.10 Å². The van der Waals surface area contributed by atoms with E-state index in [2.05, 4.69) is 0 Å². The number of carbonyl (C=O) groups is 1. The molecule has 0 radical (unpaired) electrons. The SMILES string of the molecule is COc1c(CCCC(=O)O)cccc1OC1CCSCC1. The Labute approximate surface area is 129 Å². The zero-order valence-corrected chi connectivity index (χ0v) is 13.2. The quantitative estimate of drug-likeness (QED) is 0.836. The van der Waals surface area contributed by atoms with Crippen LogP contribution in [0.2, 0.25) is 0 Å². The third kappa shape index (κ3) is 4.84. The van der Waals surface area contributed by atoms with Crippen molar-refractivity contribution < 1.29 is 19.4 Å². The summed E-state index contributed by atoms with van der Waals surface area (Å²) in [5, 5.41) is 8.73. The van der Waals surface area contributed by atoms with Crippen molar-refractivity contribution in [2.24, 2.45) is 0 Å². The predicted octanol–water partition coefficient (Wildman–Crippen LogP) is 3.38. The van der Waals surface area contributed by atoms with Crippen LogP contribution < -0.4 is 9.47 Å². The molecule has 0 aliphatic carbocycles. The van der Waals surface area contributed by atoms with Crippen LogP contribution in [0.15, 0.2) is 18.2 Å². The van der Waals surface area contributed by atoms with Crippen molar-refractivity contribution in [3.63, 3.8) is 0 Å². The number of hydrogen-bond donors (Lipinski definition) is 1. The fourth-order valence-corrected chi connectivity index (χ4v) is 3.55. The Balaban J connectivity index is 2.04. The molecular weight excluding hydrogens is 288 g/mol. The first-order valence-corrected chi connectivity index (χ1v) is 8.48. The lowest BCUT2D eigenvalue weighted by Gasteiger charge is -2.24. The van der Waals surface area contributed by atoms with Gasteiger partial charge in [-0.25, -0.2) is 0 Å². The van der Waals surface area contributed by atoms with Crippen LogP contribution in [0.5, 0.6) is 11.5 Å². The zero-order valence-electron chi connectivity index (χ0n) is 12.3. The highest BCUT2D eigenvalue weighted by Gasteiger charge is 2.18. The summed E-state index contributed by atoms with van der Waals surface area (Å²) in [5.74, 6) is 3.06. The van der Waals surface area contributed by atoms with Gasteiger partial charge in [0, 0.05) is 6.42 Å². The van der Waals surface area contributed by atoms with Crippen LogP contribution in [-0.4, -0.2) is 35.8 Å². The molecule has 0 aromatic heterocycles. The summed E-state index contributed by atoms with van der Waals surface area (Å²) in [6, 6.07) is 5.86. The average Bonchev–Trinajstić information content (AvgIpc) is 2.48. The highest BCUT2D eigenvalue weighted by molar-refractivity contribution is 7.99. The number of methoxy groups -OCH3 is 1. The molecule has 0 amide bonds. The molecule has 1 N–H and O–H groups in total. The minimum atomic E-state index is -0.763. The van der Waals surface area contributed by atoms with E-state index in [1.54, 1.807) is 7.11 Å². The maximum Gasteiger partial charge on any atom is 0.303 e. The molecule has 0 unspecified atom stereocenters. The van der Waals surface area contributed by atoms with Crippen LogP contribution in [0.3, 0.4) is 0 Å². The minimum absolute atomic E-state index is 0.175. The molecule has 1 heterocycles. The molecule has 116 valence electrons. The molecule has 1 aromatic carbocycles. The maximum absolute atomic E-state index is 10.6. The van der Waals surface area contributed by atoms with Gasteiger partial charge in [-0.3, -0.25) is 4.79 Å². The number of benzene rings is 1. The molecule has 4 nitrogen and oxygen atoms in total. The molecule has 1 aliphatic heterocycles. The second-order valence-corrected chi connectivity index (χ2v) is 6.35. The van der Waals surface area contributed by atoms with Gasteiger partial charge in [-0.2, -0.15) is 11.8 Å². The molecule has 1 fully saturated rings. The van der Waals surface area contributed by atoms with Crippen molar-refractivity contribution in [1.82, 2.24) is 0 Å². The first kappa shape index (κ1) is 16.0. The second-order valence-electron chi connectivity index (χ2n) is 5.13. The van der Waals surface area contributed by atoms with E-state index in [-0.39, 0.29) is 12.5 Å². The van der Waals surface area contributed by atoms with Gasteiger partial charge in [0.15, 0.2) is 11.5 Å². The fourth-order valence-electron chi connectivity index (χ4n) is 2.49. The molecule has 21 heavy (non-hydrogen) atoms. The van der Waals surface area contributed by atoms with E-state index in [1.807, 2.05) is 30.0 Å². The number of thioether (sulfide) groups is 1. The van der Waals surface area contributed by atoms with Crippen molar-refractivity contribution in [2.75, 3.05) is 18.6 Å². The summed E-state index contributed by atoms with van der Waals surface area (Å²) in [6.07, 6.45) is 3.86. The molecule has 5 heteroatoms. The Kier molecular flexibility index (Phi) is 6.23. The van der Waals surface area contributed by atoms with Gasteiger partial charge in [-0.1, -0.05) is 12.1 Å². The summed E-state index contributed by atoms with van der Waals surface area (Å²) < 4.78 is 11.6. The van der Waals surface area contributed by atoms with Crippen LogP contribution in [0, 0.1) is 0 Å². The Morgan fingerprint density at radius 2 is 2.14 bits per heavy atom. The fraction of sp³-hybridized carbons (Fsp3) is 0.562. The summed E-state index contributed by atoms with van der Waals surface area (Å²) >= 11 is 1.97. The smallest absolute Gasteiger partial charge is 0.303 e. The number of para-hydroxylation sites is 1. The Bertz CT molecular complexity index is 469. The van der Waals surface area contributed by atoms with Gasteiger partial charge >= 0.3 is 5.97 Å². The van der Waals surface area contributed by atoms with E-state index >= 15 is 0 Å². The highest BCUT2D eigenvalue weighted by Crippen LogP contribution is 2.34. The van der Waals surface area contributed by atoms with Crippen LogP contribution in [0.4, 0.5) is 0 Å². The average molecular weight is 310 g/mol. The minimum Gasteiger partial charge on any atom is -0.493 e. The molecule has 2 rings (SSSR count). The molecule has 0 atom stereocenters. The molecule has 0 saturated carbocycles. The first-order chi connectivity index (χ1) is 10.2. The van der Waals surface area contributed by atoms with E-state index in [1.165, 1.54) is 0 Å². The zero-order chi connectivity index (χ0) is 15.1. The molecule has 0 spiro atoms. The van der Waals surface area contributed by atoms with E-state index in [0.29, 0.717) is 12.8 Å². The standard InChI is InChI=1S/C16H22O4S/c1-19-16-12(5-3-7-15(17)18)4-2-6-14(16)20-13-8-10-21-11-9-13/h2,4,6,13H,3,5,7-11H2,1H3,(H,17,18). The Morgan fingerprint density at radius 3 is 2.81 bits per heavy atom. The van der Waals surface area contributed by atoms with E-state index in [9.17, 15) is 4.79 Å². The molecule has 1 saturated heterocycles. The van der Waals surface area contributed by atoms with Gasteiger partial charge in [0.25, 0.3) is 0 Å². The first-order valence-electron chi connectivity index (χ1n) is 7.32. The van der Waals surface area contributed by atoms with Crippen molar-refractivity contribution in [1.29, 1.82) is 0 Å². The largest absolute Gasteiger partial charge is 0.493 e. The lowest BCUT2D eigenvalue weighted by Crippen LogP contribution is -2.22. The maximum atomic E-state index is 10.6. The molecule has 1 aromatic rings. The number of hydrogen-bond acceptors (Lipinski definition) is 4. The summed E-state index contributed by atoms with van der Waals surface area (Å²) in [5.41, 5.74) is 1.02. The van der Waals surface area contributed by atoms with Crippen LogP contribution in [0.1, 0.15) is 31.2 Å². The normalized spacial score (nSPS) is 15.7. The van der Waals surface area contributed by atoms with Crippen molar-refractivity contribution >= 4 is 17.7 Å². The van der Waals surface area contributed by atoms with Gasteiger partial charge < -0.3 is 14.6 Å². The number of carboxylic acid groups (broad SMARTS) is 1. The van der Waals surface area contributed by atoms with E-state index < -0.39 is 5.97 Å². The third-order valence-electron chi connectivity index (χ3n) is 3.56. The summed E-state index contributed by atoms with van der Waals surface area (Å²) in [6.45, 7) is 0. The van der Waals surface area contributed by atoms with E-state index in [0.717, 1.165) is 41.4 Å². The van der Waals surface area contributed by atoms with Crippen LogP contribution >= 0.6 is 11.8 Å². The molecular formula is C16H22O4S. The predicted molar refractivity (Wildman–Crippen MR) is 84.5 cm³/mol. The number of rotatable bonds is 7. The Hall–Kier alpha value is -1.36. The topological polar surface area (TPSA) is 55.8 Å². The monoisotopic (exact) mass is 310 g/mol. The summed E-state index contributed by atoms with van der Waals surface area (Å²) in [4.78, 5) is 10.6. The Morgan fingerprint density at radius 1 is 1.38 bits per heavy atom. The molecule has 0 bridgehead atoms. The van der Waals surface area contributed by atoms with Crippen molar-refractivity contribution in [3.05, 3.63) is 23.8 Å². The number of aliphatic carboxylic acids is 1.